The van der Waals surface area contributed by atoms with Gasteiger partial charge in [-0.3, -0.25) is 9.89 Å². The number of hydrogen-bond donors (Lipinski definition) is 1. The summed E-state index contributed by atoms with van der Waals surface area (Å²) in [5, 5.41) is 7.44. The van der Waals surface area contributed by atoms with Crippen molar-refractivity contribution in [2.75, 3.05) is 26.3 Å². The predicted octanol–water partition coefficient (Wildman–Crippen LogP) is 2.18. The van der Waals surface area contributed by atoms with Gasteiger partial charge in [-0.25, -0.2) is 4.39 Å². The number of carbonyl (C=O) groups is 1. The van der Waals surface area contributed by atoms with Gasteiger partial charge in [-0.15, -0.1) is 0 Å². The van der Waals surface area contributed by atoms with Crippen LogP contribution in [0.1, 0.15) is 17.7 Å². The third kappa shape index (κ3) is 2.82. The minimum atomic E-state index is -0.277. The van der Waals surface area contributed by atoms with Gasteiger partial charge >= 0.3 is 0 Å². The van der Waals surface area contributed by atoms with Crippen LogP contribution < -0.4 is 0 Å². The summed E-state index contributed by atoms with van der Waals surface area (Å²) in [7, 11) is 0. The molecule has 2 aliphatic rings. The largest absolute Gasteiger partial charge is 0.378 e. The van der Waals surface area contributed by atoms with E-state index in [0.717, 1.165) is 35.4 Å². The molecule has 24 heavy (non-hydrogen) atoms. The average molecular weight is 329 g/mol. The number of aromatic amines is 1. The molecule has 1 atom stereocenters. The number of amides is 1. The Hall–Kier alpha value is -2.21. The van der Waals surface area contributed by atoms with Gasteiger partial charge in [0, 0.05) is 35.8 Å². The Morgan fingerprint density at radius 1 is 1.33 bits per heavy atom. The second kappa shape index (κ2) is 6.36. The average Bonchev–Trinajstić information content (AvgIpc) is 3.05. The molecule has 1 aliphatic carbocycles. The fourth-order valence-electron chi connectivity index (χ4n) is 3.62. The van der Waals surface area contributed by atoms with Crippen LogP contribution in [0.5, 0.6) is 0 Å². The number of nitrogens with one attached hydrogen (secondary N) is 1. The lowest BCUT2D eigenvalue weighted by atomic mass is 9.84. The zero-order valence-corrected chi connectivity index (χ0v) is 13.4. The van der Waals surface area contributed by atoms with Gasteiger partial charge in [-0.05, 0) is 31.4 Å². The highest BCUT2D eigenvalue weighted by molar-refractivity contribution is 5.80. The topological polar surface area (TPSA) is 58.2 Å². The van der Waals surface area contributed by atoms with E-state index in [1.165, 1.54) is 12.1 Å². The summed E-state index contributed by atoms with van der Waals surface area (Å²) in [6.07, 6.45) is 2.29. The van der Waals surface area contributed by atoms with Gasteiger partial charge in [-0.1, -0.05) is 12.1 Å². The lowest BCUT2D eigenvalue weighted by Crippen LogP contribution is -2.44. The summed E-state index contributed by atoms with van der Waals surface area (Å²) >= 11 is 0. The zero-order chi connectivity index (χ0) is 16.5. The molecule has 4 rings (SSSR count). The maximum absolute atomic E-state index is 13.5. The molecule has 6 heteroatoms. The Kier molecular flexibility index (Phi) is 4.06. The van der Waals surface area contributed by atoms with Crippen molar-refractivity contribution in [3.05, 3.63) is 41.3 Å². The molecule has 0 spiro atoms. The Labute approximate surface area is 139 Å². The molecule has 2 heterocycles. The van der Waals surface area contributed by atoms with Crippen molar-refractivity contribution >= 4 is 5.91 Å². The van der Waals surface area contributed by atoms with E-state index in [1.54, 1.807) is 6.07 Å². The van der Waals surface area contributed by atoms with E-state index in [2.05, 4.69) is 10.2 Å². The molecule has 1 unspecified atom stereocenters. The van der Waals surface area contributed by atoms with E-state index in [-0.39, 0.29) is 17.6 Å². The molecule has 1 aromatic heterocycles. The number of fused-ring (bicyclic) bond motifs is 1. The summed E-state index contributed by atoms with van der Waals surface area (Å²) in [5.74, 6) is -0.100. The standard InChI is InChI=1S/C18H20FN3O2/c19-14-3-1-2-12(10-14)17-15-11-13(4-5-16(15)20-21-17)18(23)22-6-8-24-9-7-22/h1-3,10,13H,4-9,11H2,(H,20,21). The third-order valence-electron chi connectivity index (χ3n) is 4.92. The first kappa shape index (κ1) is 15.3. The van der Waals surface area contributed by atoms with E-state index in [1.807, 2.05) is 11.0 Å². The minimum Gasteiger partial charge on any atom is -0.378 e. The molecule has 1 aromatic carbocycles. The molecule has 126 valence electrons. The van der Waals surface area contributed by atoms with Crippen molar-refractivity contribution < 1.29 is 13.9 Å². The molecule has 2 aromatic rings. The highest BCUT2D eigenvalue weighted by Gasteiger charge is 2.32. The first-order valence-electron chi connectivity index (χ1n) is 8.41. The maximum atomic E-state index is 13.5. The minimum absolute atomic E-state index is 0.0273. The number of rotatable bonds is 2. The highest BCUT2D eigenvalue weighted by Crippen LogP contribution is 2.33. The fraction of sp³-hybridized carbons (Fsp3) is 0.444. The Morgan fingerprint density at radius 3 is 2.96 bits per heavy atom. The Morgan fingerprint density at radius 2 is 2.17 bits per heavy atom. The van der Waals surface area contributed by atoms with Crippen molar-refractivity contribution in [3.63, 3.8) is 0 Å². The van der Waals surface area contributed by atoms with Crippen LogP contribution in [0.25, 0.3) is 11.3 Å². The number of H-pyrrole nitrogens is 1. The first-order valence-corrected chi connectivity index (χ1v) is 8.41. The number of halogens is 1. The van der Waals surface area contributed by atoms with Crippen LogP contribution in [0.15, 0.2) is 24.3 Å². The summed E-state index contributed by atoms with van der Waals surface area (Å²) in [5.41, 5.74) is 3.65. The molecule has 1 fully saturated rings. The van der Waals surface area contributed by atoms with Gasteiger partial charge in [-0.2, -0.15) is 5.10 Å². The maximum Gasteiger partial charge on any atom is 0.226 e. The van der Waals surface area contributed by atoms with Gasteiger partial charge in [0.1, 0.15) is 5.82 Å². The van der Waals surface area contributed by atoms with Crippen molar-refractivity contribution in [3.8, 4) is 11.3 Å². The van der Waals surface area contributed by atoms with Crippen LogP contribution in [-0.2, 0) is 22.4 Å². The van der Waals surface area contributed by atoms with Crippen LogP contribution in [0.2, 0.25) is 0 Å². The second-order valence-corrected chi connectivity index (χ2v) is 6.42. The number of aromatic nitrogens is 2. The number of benzene rings is 1. The highest BCUT2D eigenvalue weighted by atomic mass is 19.1. The van der Waals surface area contributed by atoms with Gasteiger partial charge in [0.2, 0.25) is 5.91 Å². The van der Waals surface area contributed by atoms with Gasteiger partial charge < -0.3 is 9.64 Å². The molecule has 1 saturated heterocycles. The monoisotopic (exact) mass is 329 g/mol. The molecular weight excluding hydrogens is 309 g/mol. The zero-order valence-electron chi connectivity index (χ0n) is 13.4. The summed E-state index contributed by atoms with van der Waals surface area (Å²) in [6.45, 7) is 2.57. The SMILES string of the molecule is O=C(C1CCc2[nH]nc(-c3cccc(F)c3)c2C1)N1CCOCC1. The van der Waals surface area contributed by atoms with E-state index in [9.17, 15) is 9.18 Å². The van der Waals surface area contributed by atoms with Crippen LogP contribution in [0, 0.1) is 11.7 Å². The molecule has 1 aliphatic heterocycles. The van der Waals surface area contributed by atoms with E-state index < -0.39 is 0 Å². The van der Waals surface area contributed by atoms with Crippen LogP contribution in [0.3, 0.4) is 0 Å². The lowest BCUT2D eigenvalue weighted by Gasteiger charge is -2.32. The number of nitrogens with zero attached hydrogens (tertiary/aromatic N) is 2. The number of ether oxygens (including phenoxy) is 1. The third-order valence-corrected chi connectivity index (χ3v) is 4.92. The van der Waals surface area contributed by atoms with Gasteiger partial charge in [0.15, 0.2) is 0 Å². The molecule has 0 saturated carbocycles. The predicted molar refractivity (Wildman–Crippen MR) is 86.9 cm³/mol. The van der Waals surface area contributed by atoms with Gasteiger partial charge in [0.05, 0.1) is 18.9 Å². The second-order valence-electron chi connectivity index (χ2n) is 6.42. The van der Waals surface area contributed by atoms with Crippen molar-refractivity contribution in [1.29, 1.82) is 0 Å². The molecule has 0 radical (unpaired) electrons. The van der Waals surface area contributed by atoms with Crippen LogP contribution in [0.4, 0.5) is 4.39 Å². The summed E-state index contributed by atoms with van der Waals surface area (Å²) in [4.78, 5) is 14.7. The summed E-state index contributed by atoms with van der Waals surface area (Å²) < 4.78 is 18.9. The number of aryl methyl sites for hydroxylation is 1. The first-order chi connectivity index (χ1) is 11.7. The van der Waals surface area contributed by atoms with Crippen LogP contribution >= 0.6 is 0 Å². The quantitative estimate of drug-likeness (QED) is 0.919. The normalized spacial score (nSPS) is 20.7. The summed E-state index contributed by atoms with van der Waals surface area (Å²) in [6, 6.07) is 6.45. The molecule has 1 N–H and O–H groups in total. The molecule has 5 nitrogen and oxygen atoms in total. The lowest BCUT2D eigenvalue weighted by molar-refractivity contribution is -0.140. The van der Waals surface area contributed by atoms with E-state index in [0.29, 0.717) is 32.7 Å². The Balaban J connectivity index is 1.58. The number of hydrogen-bond acceptors (Lipinski definition) is 3. The molecule has 0 bridgehead atoms. The van der Waals surface area contributed by atoms with Crippen molar-refractivity contribution in [2.24, 2.45) is 5.92 Å². The number of carbonyl (C=O) groups excluding carboxylic acids is 1. The van der Waals surface area contributed by atoms with E-state index in [4.69, 9.17) is 4.74 Å². The smallest absolute Gasteiger partial charge is 0.226 e. The van der Waals surface area contributed by atoms with Crippen molar-refractivity contribution in [1.82, 2.24) is 15.1 Å². The number of morpholine rings is 1. The van der Waals surface area contributed by atoms with Crippen molar-refractivity contribution in [2.45, 2.75) is 19.3 Å². The van der Waals surface area contributed by atoms with Crippen LogP contribution in [-0.4, -0.2) is 47.3 Å². The molecule has 1 amide bonds. The molecular formula is C18H20FN3O2. The van der Waals surface area contributed by atoms with E-state index >= 15 is 0 Å². The fourth-order valence-corrected chi connectivity index (χ4v) is 3.62. The van der Waals surface area contributed by atoms with Gasteiger partial charge in [0.25, 0.3) is 0 Å². The Bertz CT molecular complexity index is 752.